The predicted octanol–water partition coefficient (Wildman–Crippen LogP) is 5.43. The second kappa shape index (κ2) is 13.7. The molecule has 8 nitrogen and oxygen atoms in total. The molecule has 4 rings (SSSR count). The van der Waals surface area contributed by atoms with E-state index in [0.29, 0.717) is 33.0 Å². The molecule has 3 aromatic rings. The molecule has 3 aromatic carbocycles. The molecule has 0 aliphatic carbocycles. The van der Waals surface area contributed by atoms with E-state index in [1.165, 1.54) is 7.11 Å². The molecule has 0 atom stereocenters. The molecule has 38 heavy (non-hydrogen) atoms. The van der Waals surface area contributed by atoms with Gasteiger partial charge in [0.15, 0.2) is 0 Å². The highest BCUT2D eigenvalue weighted by Gasteiger charge is 2.18. The van der Waals surface area contributed by atoms with Gasteiger partial charge < -0.3 is 18.9 Å². The number of esters is 2. The lowest BCUT2D eigenvalue weighted by Crippen LogP contribution is -2.09. The normalized spacial score (nSPS) is 11.7. The van der Waals surface area contributed by atoms with Crippen molar-refractivity contribution in [3.05, 3.63) is 88.5 Å². The molecule has 200 valence electrons. The Morgan fingerprint density at radius 2 is 1.45 bits per heavy atom. The number of carbonyl (C=O) groups excluding carboxylic acids is 2. The van der Waals surface area contributed by atoms with Gasteiger partial charge in [-0.3, -0.25) is 9.59 Å². The molecule has 0 radical (unpaired) electrons. The minimum Gasteiger partial charge on any atom is -0.488 e. The maximum Gasteiger partial charge on any atom is 0.306 e. The molecule has 1 aliphatic rings. The summed E-state index contributed by atoms with van der Waals surface area (Å²) in [5.74, 6) is -0.0317. The topological polar surface area (TPSA) is 89.5 Å². The first kappa shape index (κ1) is 27.3. The highest BCUT2D eigenvalue weighted by atomic mass is 17.2. The van der Waals surface area contributed by atoms with Crippen LogP contribution in [0.15, 0.2) is 60.7 Å². The second-order valence-electron chi connectivity index (χ2n) is 8.83. The van der Waals surface area contributed by atoms with E-state index in [-0.39, 0.29) is 19.4 Å². The first-order valence-electron chi connectivity index (χ1n) is 12.6. The highest BCUT2D eigenvalue weighted by Crippen LogP contribution is 2.38. The molecule has 0 spiro atoms. The number of rotatable bonds is 13. The number of hydrogen-bond donors (Lipinski definition) is 0. The van der Waals surface area contributed by atoms with Gasteiger partial charge in [0.05, 0.1) is 39.8 Å². The summed E-state index contributed by atoms with van der Waals surface area (Å²) in [4.78, 5) is 33.1. The number of methoxy groups -OCH3 is 1. The van der Waals surface area contributed by atoms with Crippen LogP contribution in [-0.2, 0) is 66.6 Å². The van der Waals surface area contributed by atoms with E-state index < -0.39 is 11.9 Å². The number of benzene rings is 3. The van der Waals surface area contributed by atoms with Crippen LogP contribution in [0, 0.1) is 0 Å². The summed E-state index contributed by atoms with van der Waals surface area (Å²) in [5.41, 5.74) is 7.22. The van der Waals surface area contributed by atoms with Gasteiger partial charge in [0.25, 0.3) is 0 Å². The summed E-state index contributed by atoms with van der Waals surface area (Å²) in [5, 5.41) is 0. The lowest BCUT2D eigenvalue weighted by atomic mass is 9.94. The Bertz CT molecular complexity index is 1250. The Balaban J connectivity index is 1.28. The van der Waals surface area contributed by atoms with E-state index in [9.17, 15) is 9.59 Å². The van der Waals surface area contributed by atoms with Gasteiger partial charge in [-0.15, -0.1) is 0 Å². The van der Waals surface area contributed by atoms with Crippen LogP contribution in [0.3, 0.4) is 0 Å². The molecular weight excluding hydrogens is 488 g/mol. The Morgan fingerprint density at radius 1 is 0.763 bits per heavy atom. The van der Waals surface area contributed by atoms with Crippen LogP contribution in [0.25, 0.3) is 11.1 Å². The Hall–Kier alpha value is -3.72. The molecule has 0 unspecified atom stereocenters. The molecule has 8 heteroatoms. The third-order valence-corrected chi connectivity index (χ3v) is 6.01. The fourth-order valence-corrected chi connectivity index (χ4v) is 4.10. The molecule has 0 bridgehead atoms. The van der Waals surface area contributed by atoms with E-state index >= 15 is 0 Å². The average Bonchev–Trinajstić information content (AvgIpc) is 2.94. The summed E-state index contributed by atoms with van der Waals surface area (Å²) in [7, 11) is 1.29. The molecule has 0 aromatic heterocycles. The average molecular weight is 521 g/mol. The van der Waals surface area contributed by atoms with Gasteiger partial charge in [0.1, 0.15) is 25.6 Å². The lowest BCUT2D eigenvalue weighted by Gasteiger charge is -2.22. The van der Waals surface area contributed by atoms with Crippen LogP contribution >= 0.6 is 0 Å². The number of ether oxygens (including phenoxy) is 4. The third-order valence-electron chi connectivity index (χ3n) is 6.01. The second-order valence-corrected chi connectivity index (χ2v) is 8.83. The third kappa shape index (κ3) is 7.64. The van der Waals surface area contributed by atoms with E-state index in [1.54, 1.807) is 0 Å². The Labute approximate surface area is 222 Å². The van der Waals surface area contributed by atoms with Crippen LogP contribution in [0.2, 0.25) is 0 Å². The Morgan fingerprint density at radius 3 is 2.21 bits per heavy atom. The molecule has 0 saturated carbocycles. The quantitative estimate of drug-likeness (QED) is 0.128. The molecule has 0 fully saturated rings. The van der Waals surface area contributed by atoms with Crippen LogP contribution in [0.1, 0.15) is 47.6 Å². The van der Waals surface area contributed by atoms with Crippen molar-refractivity contribution in [1.29, 1.82) is 0 Å². The minimum absolute atomic E-state index is 0.00263. The maximum atomic E-state index is 11.8. The minimum atomic E-state index is -0.438. The van der Waals surface area contributed by atoms with Gasteiger partial charge in [0, 0.05) is 5.56 Å². The zero-order valence-corrected chi connectivity index (χ0v) is 21.7. The molecule has 1 heterocycles. The zero-order chi connectivity index (χ0) is 26.7. The number of carbonyl (C=O) groups is 2. The number of fused-ring (bicyclic) bond motifs is 3. The van der Waals surface area contributed by atoms with Crippen molar-refractivity contribution in [3.63, 3.8) is 0 Å². The van der Waals surface area contributed by atoms with Crippen molar-refractivity contribution in [2.75, 3.05) is 13.7 Å². The van der Waals surface area contributed by atoms with Crippen molar-refractivity contribution >= 4 is 11.9 Å². The van der Waals surface area contributed by atoms with E-state index in [4.69, 9.17) is 24.0 Å². The largest absolute Gasteiger partial charge is 0.488 e. The molecule has 0 amide bonds. The van der Waals surface area contributed by atoms with E-state index in [1.807, 2.05) is 43.3 Å². The molecular formula is C30H32O8. The van der Waals surface area contributed by atoms with Gasteiger partial charge >= 0.3 is 11.9 Å². The van der Waals surface area contributed by atoms with Gasteiger partial charge in [-0.05, 0) is 52.4 Å². The lowest BCUT2D eigenvalue weighted by molar-refractivity contribution is -0.300. The fourth-order valence-electron chi connectivity index (χ4n) is 4.10. The van der Waals surface area contributed by atoms with Crippen molar-refractivity contribution in [2.45, 2.75) is 52.8 Å². The van der Waals surface area contributed by atoms with Gasteiger partial charge in [-0.1, -0.05) is 48.5 Å². The maximum absolute atomic E-state index is 11.8. The standard InChI is InChI=1S/C30H32O8/c1-3-37-38-19-24-8-10-27-26-9-7-23(14-25(26)20-35-28(27)15-24)17-34-16-21-5-4-6-22(13-21)18-36-30(32)12-11-29(31)33-2/h4-10,13-15H,3,11-12,16-20H2,1-2H3. The first-order chi connectivity index (χ1) is 18.6. The van der Waals surface area contributed by atoms with Crippen molar-refractivity contribution in [2.24, 2.45) is 0 Å². The van der Waals surface area contributed by atoms with Crippen LogP contribution < -0.4 is 4.74 Å². The van der Waals surface area contributed by atoms with Crippen LogP contribution in [0.4, 0.5) is 0 Å². The van der Waals surface area contributed by atoms with Crippen LogP contribution in [0.5, 0.6) is 5.75 Å². The molecule has 0 N–H and O–H groups in total. The Kier molecular flexibility index (Phi) is 9.86. The summed E-state index contributed by atoms with van der Waals surface area (Å²) in [6, 6.07) is 20.1. The SMILES string of the molecule is CCOOCc1ccc2c(c1)OCc1cc(COCc3cccc(COC(=O)CCC(=O)OC)c3)ccc1-2. The monoisotopic (exact) mass is 520 g/mol. The molecule has 0 saturated heterocycles. The zero-order valence-electron chi connectivity index (χ0n) is 21.7. The first-order valence-corrected chi connectivity index (χ1v) is 12.6. The summed E-state index contributed by atoms with van der Waals surface area (Å²) in [6.07, 6.45) is 0.00716. The van der Waals surface area contributed by atoms with Crippen molar-refractivity contribution in [3.8, 4) is 16.9 Å². The number of hydrogen-bond acceptors (Lipinski definition) is 8. The van der Waals surface area contributed by atoms with Gasteiger partial charge in [-0.2, -0.15) is 0 Å². The fraction of sp³-hybridized carbons (Fsp3) is 0.333. The smallest absolute Gasteiger partial charge is 0.306 e. The summed E-state index contributed by atoms with van der Waals surface area (Å²) >= 11 is 0. The van der Waals surface area contributed by atoms with Crippen molar-refractivity contribution < 1.29 is 38.3 Å². The van der Waals surface area contributed by atoms with Crippen LogP contribution in [-0.4, -0.2) is 25.7 Å². The predicted molar refractivity (Wildman–Crippen MR) is 139 cm³/mol. The molecule has 1 aliphatic heterocycles. The van der Waals surface area contributed by atoms with Gasteiger partial charge in [-0.25, -0.2) is 9.78 Å². The van der Waals surface area contributed by atoms with E-state index in [0.717, 1.165) is 44.7 Å². The highest BCUT2D eigenvalue weighted by molar-refractivity contribution is 5.77. The van der Waals surface area contributed by atoms with Crippen molar-refractivity contribution in [1.82, 2.24) is 0 Å². The summed E-state index contributed by atoms with van der Waals surface area (Å²) in [6.45, 7) is 4.27. The summed E-state index contributed by atoms with van der Waals surface area (Å²) < 4.78 is 21.8. The van der Waals surface area contributed by atoms with E-state index in [2.05, 4.69) is 29.0 Å². The van der Waals surface area contributed by atoms with Gasteiger partial charge in [0.2, 0.25) is 0 Å².